The average molecular weight is 250 g/mol. The molecule has 5 nitrogen and oxygen atoms in total. The van der Waals surface area contributed by atoms with Gasteiger partial charge in [0.05, 0.1) is 12.3 Å². The van der Waals surface area contributed by atoms with Crippen molar-refractivity contribution in [2.45, 2.75) is 25.7 Å². The molecule has 1 aromatic heterocycles. The molecule has 1 fully saturated rings. The Kier molecular flexibility index (Phi) is 4.04. The second-order valence-corrected chi connectivity index (χ2v) is 5.12. The predicted molar refractivity (Wildman–Crippen MR) is 63.3 cm³/mol. The van der Waals surface area contributed by atoms with Crippen LogP contribution in [0.25, 0.3) is 0 Å². The van der Waals surface area contributed by atoms with E-state index in [1.54, 1.807) is 0 Å². The number of hydrogen-bond acceptors (Lipinski definition) is 5. The number of nitrogens with zero attached hydrogens (tertiary/aromatic N) is 3. The molecule has 0 saturated heterocycles. The highest BCUT2D eigenvalue weighted by molar-refractivity contribution is 7.07. The van der Waals surface area contributed by atoms with Gasteiger partial charge in [-0.25, -0.2) is 0 Å². The molecule has 1 heterocycles. The van der Waals surface area contributed by atoms with Crippen LogP contribution in [0.2, 0.25) is 0 Å². The van der Waals surface area contributed by atoms with Crippen LogP contribution in [0.15, 0.2) is 6.20 Å². The van der Waals surface area contributed by atoms with Gasteiger partial charge in [0.15, 0.2) is 0 Å². The maximum atomic E-state index is 11.6. The van der Waals surface area contributed by atoms with E-state index in [-0.39, 0.29) is 11.8 Å². The van der Waals surface area contributed by atoms with Crippen molar-refractivity contribution in [3.63, 3.8) is 0 Å². The van der Waals surface area contributed by atoms with Gasteiger partial charge in [0.25, 0.3) is 5.91 Å². The lowest BCUT2D eigenvalue weighted by molar-refractivity contribution is 0.0946. The van der Waals surface area contributed by atoms with E-state index in [1.165, 1.54) is 6.20 Å². The zero-order valence-electron chi connectivity index (χ0n) is 9.43. The molecule has 1 saturated carbocycles. The van der Waals surface area contributed by atoms with E-state index < -0.39 is 0 Å². The van der Waals surface area contributed by atoms with E-state index in [0.717, 1.165) is 37.2 Å². The molecule has 0 unspecified atom stereocenters. The van der Waals surface area contributed by atoms with Gasteiger partial charge in [0, 0.05) is 12.5 Å². The van der Waals surface area contributed by atoms with Crippen molar-refractivity contribution in [3.05, 3.63) is 11.1 Å². The Morgan fingerprint density at radius 3 is 2.88 bits per heavy atom. The standard InChI is InChI=1S/C11H14N4OS/c12-5-8-1-3-9(4-2-8)6-13-11(16)10-7-14-15-17-10/h7-9H,1-4,6H2,(H,13,16). The lowest BCUT2D eigenvalue weighted by Gasteiger charge is -2.24. The minimum Gasteiger partial charge on any atom is -0.351 e. The van der Waals surface area contributed by atoms with E-state index >= 15 is 0 Å². The molecule has 1 aliphatic carbocycles. The third-order valence-corrected chi connectivity index (χ3v) is 3.83. The third-order valence-electron chi connectivity index (χ3n) is 3.17. The number of hydrogen-bond donors (Lipinski definition) is 1. The molecule has 0 bridgehead atoms. The van der Waals surface area contributed by atoms with Gasteiger partial charge in [-0.1, -0.05) is 4.49 Å². The van der Waals surface area contributed by atoms with Gasteiger partial charge < -0.3 is 5.32 Å². The minimum atomic E-state index is -0.0950. The predicted octanol–water partition coefficient (Wildman–Crippen LogP) is 1.60. The maximum Gasteiger partial charge on any atom is 0.264 e. The largest absolute Gasteiger partial charge is 0.351 e. The minimum absolute atomic E-state index is 0.0950. The zero-order chi connectivity index (χ0) is 12.1. The lowest BCUT2D eigenvalue weighted by Crippen LogP contribution is -2.30. The van der Waals surface area contributed by atoms with Crippen LogP contribution in [0.5, 0.6) is 0 Å². The van der Waals surface area contributed by atoms with Gasteiger partial charge in [-0.05, 0) is 43.1 Å². The molecule has 0 radical (unpaired) electrons. The molecule has 0 spiro atoms. The summed E-state index contributed by atoms with van der Waals surface area (Å²) in [5.74, 6) is 0.625. The van der Waals surface area contributed by atoms with Crippen LogP contribution in [0.1, 0.15) is 35.4 Å². The number of carbonyl (C=O) groups excluding carboxylic acids is 1. The molecule has 1 aliphatic rings. The molecule has 90 valence electrons. The summed E-state index contributed by atoms with van der Waals surface area (Å²) in [7, 11) is 0. The van der Waals surface area contributed by atoms with Crippen LogP contribution >= 0.6 is 11.5 Å². The van der Waals surface area contributed by atoms with Crippen molar-refractivity contribution in [1.82, 2.24) is 14.9 Å². The molecule has 0 atom stereocenters. The molecule has 1 N–H and O–H groups in total. The van der Waals surface area contributed by atoms with Crippen molar-refractivity contribution >= 4 is 17.4 Å². The van der Waals surface area contributed by atoms with Gasteiger partial charge in [-0.15, -0.1) is 5.10 Å². The first-order chi connectivity index (χ1) is 8.29. The van der Waals surface area contributed by atoms with Crippen LogP contribution < -0.4 is 5.32 Å². The van der Waals surface area contributed by atoms with Gasteiger partial charge in [0.2, 0.25) is 0 Å². The number of nitrogens with one attached hydrogen (secondary N) is 1. The first-order valence-electron chi connectivity index (χ1n) is 5.74. The van der Waals surface area contributed by atoms with Gasteiger partial charge in [-0.3, -0.25) is 4.79 Å². The van der Waals surface area contributed by atoms with Crippen molar-refractivity contribution in [2.24, 2.45) is 11.8 Å². The fourth-order valence-electron chi connectivity index (χ4n) is 2.09. The monoisotopic (exact) mass is 250 g/mol. The Balaban J connectivity index is 1.73. The molecular formula is C11H14N4OS. The van der Waals surface area contributed by atoms with Crippen LogP contribution in [0.3, 0.4) is 0 Å². The number of nitriles is 1. The summed E-state index contributed by atoms with van der Waals surface area (Å²) in [5.41, 5.74) is 0. The van der Waals surface area contributed by atoms with E-state index in [9.17, 15) is 4.79 Å². The Morgan fingerprint density at radius 1 is 1.53 bits per heavy atom. The summed E-state index contributed by atoms with van der Waals surface area (Å²) in [6, 6.07) is 2.31. The second-order valence-electron chi connectivity index (χ2n) is 4.34. The second kappa shape index (κ2) is 5.73. The Morgan fingerprint density at radius 2 is 2.29 bits per heavy atom. The van der Waals surface area contributed by atoms with Gasteiger partial charge in [-0.2, -0.15) is 5.26 Å². The fourth-order valence-corrected chi connectivity index (χ4v) is 2.52. The number of carbonyl (C=O) groups is 1. The summed E-state index contributed by atoms with van der Waals surface area (Å²) in [4.78, 5) is 12.2. The average Bonchev–Trinajstić information content (AvgIpc) is 2.90. The summed E-state index contributed by atoms with van der Waals surface area (Å²) in [6.07, 6.45) is 5.45. The summed E-state index contributed by atoms with van der Waals surface area (Å²) in [5, 5.41) is 15.3. The molecule has 1 aromatic rings. The molecule has 0 aliphatic heterocycles. The fraction of sp³-hybridized carbons (Fsp3) is 0.636. The summed E-state index contributed by atoms with van der Waals surface area (Å²) in [6.45, 7) is 0.689. The van der Waals surface area contributed by atoms with Gasteiger partial charge in [0.1, 0.15) is 4.88 Å². The highest BCUT2D eigenvalue weighted by Gasteiger charge is 2.21. The Labute approximate surface area is 104 Å². The lowest BCUT2D eigenvalue weighted by atomic mass is 9.83. The summed E-state index contributed by atoms with van der Waals surface area (Å²) >= 11 is 1.11. The molecule has 0 aromatic carbocycles. The first-order valence-corrected chi connectivity index (χ1v) is 6.52. The van der Waals surface area contributed by atoms with E-state index in [2.05, 4.69) is 21.0 Å². The van der Waals surface area contributed by atoms with Crippen LogP contribution in [0.4, 0.5) is 0 Å². The van der Waals surface area contributed by atoms with E-state index in [1.807, 2.05) is 0 Å². The quantitative estimate of drug-likeness (QED) is 0.883. The van der Waals surface area contributed by atoms with Crippen LogP contribution in [-0.2, 0) is 0 Å². The van der Waals surface area contributed by atoms with Crippen molar-refractivity contribution in [3.8, 4) is 6.07 Å². The summed E-state index contributed by atoms with van der Waals surface area (Å²) < 4.78 is 3.65. The highest BCUT2D eigenvalue weighted by Crippen LogP contribution is 2.27. The van der Waals surface area contributed by atoms with Crippen molar-refractivity contribution < 1.29 is 4.79 Å². The SMILES string of the molecule is N#CC1CCC(CNC(=O)c2cnns2)CC1. The van der Waals surface area contributed by atoms with Gasteiger partial charge >= 0.3 is 0 Å². The molecule has 17 heavy (non-hydrogen) atoms. The first kappa shape index (κ1) is 12.0. The highest BCUT2D eigenvalue weighted by atomic mass is 32.1. The smallest absolute Gasteiger partial charge is 0.264 e. The third kappa shape index (κ3) is 3.24. The number of aromatic nitrogens is 2. The zero-order valence-corrected chi connectivity index (χ0v) is 10.2. The maximum absolute atomic E-state index is 11.6. The number of amides is 1. The molecule has 2 rings (SSSR count). The van der Waals surface area contributed by atoms with Crippen LogP contribution in [-0.4, -0.2) is 22.0 Å². The van der Waals surface area contributed by atoms with Crippen LogP contribution in [0, 0.1) is 23.2 Å². The van der Waals surface area contributed by atoms with Crippen molar-refractivity contribution in [2.75, 3.05) is 6.54 Å². The van der Waals surface area contributed by atoms with E-state index in [0.29, 0.717) is 17.3 Å². The molecule has 1 amide bonds. The van der Waals surface area contributed by atoms with E-state index in [4.69, 9.17) is 5.26 Å². The Hall–Kier alpha value is -1.48. The number of rotatable bonds is 3. The topological polar surface area (TPSA) is 78.7 Å². The Bertz CT molecular complexity index is 404. The normalized spacial score (nSPS) is 23.9. The molecule has 6 heteroatoms. The van der Waals surface area contributed by atoms with Crippen molar-refractivity contribution in [1.29, 1.82) is 5.26 Å². The molecular weight excluding hydrogens is 236 g/mol.